The van der Waals surface area contributed by atoms with Gasteiger partial charge in [0.2, 0.25) is 20.0 Å². The van der Waals surface area contributed by atoms with Crippen molar-refractivity contribution in [3.05, 3.63) is 53.1 Å². The summed E-state index contributed by atoms with van der Waals surface area (Å²) in [6.07, 6.45) is 1.71. The summed E-state index contributed by atoms with van der Waals surface area (Å²) in [7, 11) is -6.32. The molecule has 1 N–H and O–H groups in total. The van der Waals surface area contributed by atoms with Gasteiger partial charge in [-0.05, 0) is 55.3 Å². The Morgan fingerprint density at radius 3 is 2.34 bits per heavy atom. The Morgan fingerprint density at radius 1 is 1.06 bits per heavy atom. The number of sulfonamides is 2. The lowest BCUT2D eigenvalue weighted by Gasteiger charge is -2.15. The fourth-order valence-corrected chi connectivity index (χ4v) is 6.22. The van der Waals surface area contributed by atoms with Crippen molar-refractivity contribution in [2.75, 3.05) is 33.4 Å². The van der Waals surface area contributed by atoms with Gasteiger partial charge in [-0.1, -0.05) is 11.6 Å². The van der Waals surface area contributed by atoms with Crippen LogP contribution in [0, 0.1) is 0 Å². The number of benzene rings is 2. The Kier molecular flexibility index (Phi) is 7.78. The molecule has 12 heteroatoms. The van der Waals surface area contributed by atoms with Gasteiger partial charge in [0.25, 0.3) is 0 Å². The van der Waals surface area contributed by atoms with Crippen LogP contribution in [0.3, 0.4) is 0 Å². The van der Waals surface area contributed by atoms with Crippen LogP contribution in [0.1, 0.15) is 23.2 Å². The summed E-state index contributed by atoms with van der Waals surface area (Å²) in [5.41, 5.74) is 0.0532. The number of rotatable bonds is 9. The molecule has 0 unspecified atom stereocenters. The Hall–Kier alpha value is -2.18. The van der Waals surface area contributed by atoms with Crippen LogP contribution in [-0.2, 0) is 24.8 Å². The molecule has 0 aromatic heterocycles. The number of carbonyl (C=O) groups excluding carboxylic acids is 1. The molecule has 0 radical (unpaired) electrons. The first-order chi connectivity index (χ1) is 15.1. The van der Waals surface area contributed by atoms with Gasteiger partial charge in [-0.15, -0.1) is 0 Å². The maximum absolute atomic E-state index is 12.5. The van der Waals surface area contributed by atoms with Gasteiger partial charge in [0.05, 0.1) is 22.6 Å². The second-order valence-corrected chi connectivity index (χ2v) is 11.0. The second kappa shape index (κ2) is 10.2. The van der Waals surface area contributed by atoms with Crippen molar-refractivity contribution >= 4 is 37.6 Å². The molecule has 1 aliphatic rings. The lowest BCUT2D eigenvalue weighted by molar-refractivity contribution is 0.0600. The zero-order valence-corrected chi connectivity index (χ0v) is 19.7. The first kappa shape index (κ1) is 24.5. The summed E-state index contributed by atoms with van der Waals surface area (Å²) < 4.78 is 64.0. The molecule has 3 rings (SSSR count). The van der Waals surface area contributed by atoms with Gasteiger partial charge in [-0.2, -0.15) is 4.31 Å². The number of carbonyl (C=O) groups is 1. The molecule has 0 amide bonds. The highest BCUT2D eigenvalue weighted by Crippen LogP contribution is 2.24. The summed E-state index contributed by atoms with van der Waals surface area (Å²) in [5.74, 6) is -0.285. The summed E-state index contributed by atoms with van der Waals surface area (Å²) in [6.45, 7) is 0.960. The maximum atomic E-state index is 12.5. The number of methoxy groups -OCH3 is 1. The Labute approximate surface area is 192 Å². The van der Waals surface area contributed by atoms with E-state index in [1.807, 2.05) is 0 Å². The normalized spacial score (nSPS) is 14.9. The number of ether oxygens (including phenoxy) is 2. The largest absolute Gasteiger partial charge is 0.492 e. The average Bonchev–Trinajstić information content (AvgIpc) is 3.33. The van der Waals surface area contributed by atoms with Crippen molar-refractivity contribution in [3.63, 3.8) is 0 Å². The lowest BCUT2D eigenvalue weighted by atomic mass is 10.2. The topological polar surface area (TPSA) is 119 Å². The van der Waals surface area contributed by atoms with E-state index in [9.17, 15) is 21.6 Å². The lowest BCUT2D eigenvalue weighted by Crippen LogP contribution is -2.29. The molecule has 1 saturated heterocycles. The SMILES string of the molecule is COC(=O)c1ccc(Cl)c(S(=O)(=O)NCCOc2ccc(S(=O)(=O)N3CCCC3)cc2)c1. The van der Waals surface area contributed by atoms with E-state index in [1.165, 1.54) is 47.8 Å². The van der Waals surface area contributed by atoms with Gasteiger partial charge in [-0.3, -0.25) is 0 Å². The number of hydrogen-bond acceptors (Lipinski definition) is 7. The van der Waals surface area contributed by atoms with E-state index < -0.39 is 26.0 Å². The third-order valence-electron chi connectivity index (χ3n) is 4.83. The van der Waals surface area contributed by atoms with Gasteiger partial charge in [0, 0.05) is 19.6 Å². The van der Waals surface area contributed by atoms with Crippen molar-refractivity contribution < 1.29 is 31.1 Å². The highest BCUT2D eigenvalue weighted by atomic mass is 35.5. The smallest absolute Gasteiger partial charge is 0.337 e. The molecule has 2 aromatic rings. The highest BCUT2D eigenvalue weighted by molar-refractivity contribution is 7.89. The van der Waals surface area contributed by atoms with Crippen LogP contribution in [0.25, 0.3) is 0 Å². The minimum atomic E-state index is -4.00. The van der Waals surface area contributed by atoms with Crippen LogP contribution < -0.4 is 9.46 Å². The zero-order valence-electron chi connectivity index (χ0n) is 17.3. The van der Waals surface area contributed by atoms with Crippen LogP contribution in [0.4, 0.5) is 0 Å². The predicted molar refractivity (Wildman–Crippen MR) is 118 cm³/mol. The number of nitrogens with zero attached hydrogens (tertiary/aromatic N) is 1. The summed E-state index contributed by atoms with van der Waals surface area (Å²) in [4.78, 5) is 11.6. The molecular weight excluding hydrogens is 480 g/mol. The molecule has 0 atom stereocenters. The molecule has 1 heterocycles. The number of nitrogens with one attached hydrogen (secondary N) is 1. The van der Waals surface area contributed by atoms with Crippen LogP contribution in [0.5, 0.6) is 5.75 Å². The van der Waals surface area contributed by atoms with Crippen molar-refractivity contribution in [1.82, 2.24) is 9.03 Å². The summed E-state index contributed by atoms with van der Waals surface area (Å²) in [6, 6.07) is 9.77. The van der Waals surface area contributed by atoms with Crippen LogP contribution >= 0.6 is 11.6 Å². The minimum absolute atomic E-state index is 0.00817. The molecule has 174 valence electrons. The van der Waals surface area contributed by atoms with Crippen molar-refractivity contribution in [3.8, 4) is 5.75 Å². The van der Waals surface area contributed by atoms with E-state index in [4.69, 9.17) is 16.3 Å². The van der Waals surface area contributed by atoms with Crippen LogP contribution in [0.15, 0.2) is 52.3 Å². The zero-order chi connectivity index (χ0) is 23.4. The number of hydrogen-bond donors (Lipinski definition) is 1. The van der Waals surface area contributed by atoms with Gasteiger partial charge in [0.1, 0.15) is 17.3 Å². The average molecular weight is 503 g/mol. The third kappa shape index (κ3) is 5.59. The van der Waals surface area contributed by atoms with E-state index in [0.29, 0.717) is 18.8 Å². The first-order valence-electron chi connectivity index (χ1n) is 9.76. The van der Waals surface area contributed by atoms with Crippen molar-refractivity contribution in [1.29, 1.82) is 0 Å². The van der Waals surface area contributed by atoms with Gasteiger partial charge in [0.15, 0.2) is 0 Å². The molecule has 1 fully saturated rings. The fraction of sp³-hybridized carbons (Fsp3) is 0.350. The first-order valence-corrected chi connectivity index (χ1v) is 13.1. The van der Waals surface area contributed by atoms with Gasteiger partial charge in [-0.25, -0.2) is 26.4 Å². The molecule has 2 aromatic carbocycles. The van der Waals surface area contributed by atoms with Crippen molar-refractivity contribution in [2.45, 2.75) is 22.6 Å². The minimum Gasteiger partial charge on any atom is -0.492 e. The van der Waals surface area contributed by atoms with E-state index in [0.717, 1.165) is 18.9 Å². The van der Waals surface area contributed by atoms with E-state index in [2.05, 4.69) is 9.46 Å². The Balaban J connectivity index is 1.57. The monoisotopic (exact) mass is 502 g/mol. The molecule has 0 aliphatic carbocycles. The molecule has 0 spiro atoms. The molecule has 9 nitrogen and oxygen atoms in total. The van der Waals surface area contributed by atoms with E-state index >= 15 is 0 Å². The number of halogens is 1. The Bertz CT molecular complexity index is 1180. The molecule has 0 saturated carbocycles. The van der Waals surface area contributed by atoms with E-state index in [-0.39, 0.29) is 33.5 Å². The predicted octanol–water partition coefficient (Wildman–Crippen LogP) is 2.27. The molecule has 0 bridgehead atoms. The van der Waals surface area contributed by atoms with Gasteiger partial charge < -0.3 is 9.47 Å². The summed E-state index contributed by atoms with van der Waals surface area (Å²) in [5, 5.41) is -0.0409. The van der Waals surface area contributed by atoms with Crippen molar-refractivity contribution in [2.24, 2.45) is 0 Å². The van der Waals surface area contributed by atoms with Crippen LogP contribution in [0.2, 0.25) is 5.02 Å². The standard InChI is InChI=1S/C20H23ClN2O7S2/c1-29-20(24)15-4-9-18(21)19(14-15)31(25,26)22-10-13-30-16-5-7-17(8-6-16)32(27,28)23-11-2-3-12-23/h4-9,14,22H,2-3,10-13H2,1H3. The van der Waals surface area contributed by atoms with Gasteiger partial charge >= 0.3 is 5.97 Å². The summed E-state index contributed by atoms with van der Waals surface area (Å²) >= 11 is 5.98. The van der Waals surface area contributed by atoms with Crippen LogP contribution in [-0.4, -0.2) is 60.5 Å². The number of esters is 1. The second-order valence-electron chi connectivity index (χ2n) is 6.97. The highest BCUT2D eigenvalue weighted by Gasteiger charge is 2.27. The Morgan fingerprint density at radius 2 is 1.72 bits per heavy atom. The molecule has 1 aliphatic heterocycles. The molecular formula is C20H23ClN2O7S2. The van der Waals surface area contributed by atoms with E-state index in [1.54, 1.807) is 0 Å². The third-order valence-corrected chi connectivity index (χ3v) is 8.69. The quantitative estimate of drug-likeness (QED) is 0.412. The maximum Gasteiger partial charge on any atom is 0.337 e. The fourth-order valence-electron chi connectivity index (χ4n) is 3.16. The molecule has 32 heavy (non-hydrogen) atoms.